The van der Waals surface area contributed by atoms with Crippen LogP contribution in [0.25, 0.3) is 11.5 Å². The molecule has 0 saturated heterocycles. The number of hydrogen-bond donors (Lipinski definition) is 0. The summed E-state index contributed by atoms with van der Waals surface area (Å²) in [7, 11) is 4.28. The molecular formula is C12H19BiN3+. The first-order chi connectivity index (χ1) is 7.56. The molecule has 0 aliphatic heterocycles. The minimum atomic E-state index is 0.807. The topological polar surface area (TPSA) is 13.7 Å². The molecule has 0 aromatic carbocycles. The van der Waals surface area contributed by atoms with E-state index in [4.69, 9.17) is 0 Å². The molecule has 16 heavy (non-hydrogen) atoms. The fourth-order valence-electron chi connectivity index (χ4n) is 2.33. The van der Waals surface area contributed by atoms with Crippen LogP contribution in [0.2, 0.25) is 0 Å². The summed E-state index contributed by atoms with van der Waals surface area (Å²) in [5.74, 6) is 1.32. The molecule has 0 bridgehead atoms. The van der Waals surface area contributed by atoms with E-state index < -0.39 is 0 Å². The van der Waals surface area contributed by atoms with Crippen molar-refractivity contribution >= 4 is 25.0 Å². The number of aryl methyl sites for hydroxylation is 2. The van der Waals surface area contributed by atoms with E-state index in [1.165, 1.54) is 22.8 Å². The zero-order chi connectivity index (χ0) is 11.9. The van der Waals surface area contributed by atoms with Crippen molar-refractivity contribution in [2.75, 3.05) is 0 Å². The summed E-state index contributed by atoms with van der Waals surface area (Å²) < 4.78 is 6.85. The van der Waals surface area contributed by atoms with Crippen LogP contribution in [0.15, 0.2) is 18.5 Å². The van der Waals surface area contributed by atoms with Crippen molar-refractivity contribution in [3.8, 4) is 11.5 Å². The molecule has 0 N–H and O–H groups in total. The Bertz CT molecular complexity index is 503. The molecule has 2 rings (SSSR count). The van der Waals surface area contributed by atoms with E-state index in [1.807, 2.05) is 0 Å². The van der Waals surface area contributed by atoms with Crippen LogP contribution in [0.5, 0.6) is 0 Å². The molecule has 0 saturated carbocycles. The van der Waals surface area contributed by atoms with E-state index in [1.54, 1.807) is 0 Å². The fourth-order valence-corrected chi connectivity index (χ4v) is 3.86. The van der Waals surface area contributed by atoms with Crippen LogP contribution in [0.4, 0.5) is 0 Å². The first-order valence-electron chi connectivity index (χ1n) is 5.53. The molecule has 0 amide bonds. The molecule has 3 nitrogen and oxygen atoms in total. The van der Waals surface area contributed by atoms with E-state index in [2.05, 4.69) is 58.0 Å². The third-order valence-corrected chi connectivity index (χ3v) is 4.79. The molecular weight excluding hydrogens is 395 g/mol. The second kappa shape index (κ2) is 4.33. The van der Waals surface area contributed by atoms with Crippen LogP contribution in [0.1, 0.15) is 18.2 Å². The Kier molecular flexibility index (Phi) is 3.20. The van der Waals surface area contributed by atoms with Gasteiger partial charge in [0.1, 0.15) is 0 Å². The third kappa shape index (κ3) is 1.73. The molecule has 0 atom stereocenters. The predicted molar refractivity (Wildman–Crippen MR) is 68.1 cm³/mol. The van der Waals surface area contributed by atoms with Gasteiger partial charge >= 0.3 is 112 Å². The summed E-state index contributed by atoms with van der Waals surface area (Å²) in [5, 5.41) is 0. The molecule has 0 unspecified atom stereocenters. The van der Waals surface area contributed by atoms with Gasteiger partial charge in [-0.15, -0.1) is 0 Å². The van der Waals surface area contributed by atoms with Gasteiger partial charge in [-0.3, -0.25) is 0 Å². The molecule has 4 heteroatoms. The number of hydrogen-bond acceptors (Lipinski definition) is 0. The predicted octanol–water partition coefficient (Wildman–Crippen LogP) is 0.585. The van der Waals surface area contributed by atoms with Crippen molar-refractivity contribution in [2.45, 2.75) is 20.3 Å². The molecule has 0 radical (unpaired) electrons. The van der Waals surface area contributed by atoms with Crippen LogP contribution in [0, 0.1) is 6.92 Å². The van der Waals surface area contributed by atoms with Crippen molar-refractivity contribution in [1.82, 2.24) is 7.08 Å². The summed E-state index contributed by atoms with van der Waals surface area (Å²) in [6.07, 6.45) is 5.38. The second-order valence-electron chi connectivity index (χ2n) is 4.21. The Morgan fingerprint density at radius 3 is 2.56 bits per heavy atom. The van der Waals surface area contributed by atoms with Crippen LogP contribution in [0.3, 0.4) is 0 Å². The Balaban J connectivity index is 2.66. The zero-order valence-corrected chi connectivity index (χ0v) is 14.8. The van der Waals surface area contributed by atoms with E-state index in [0.717, 1.165) is 31.4 Å². The minimum absolute atomic E-state index is 0.807. The van der Waals surface area contributed by atoms with Gasteiger partial charge in [0.2, 0.25) is 0 Å². The van der Waals surface area contributed by atoms with Gasteiger partial charge in [0.15, 0.2) is 0 Å². The maximum absolute atomic E-state index is 2.33. The molecule has 0 aliphatic carbocycles. The van der Waals surface area contributed by atoms with E-state index in [9.17, 15) is 0 Å². The molecule has 0 fully saturated rings. The van der Waals surface area contributed by atoms with Gasteiger partial charge in [-0.25, -0.2) is 0 Å². The Labute approximate surface area is 112 Å². The van der Waals surface area contributed by atoms with Crippen molar-refractivity contribution < 1.29 is 4.57 Å². The standard InChI is InChI=1S/C12H17N3.Bi.2H/c1-5-10-9(2)8-11(15(10)4)12-13-6-7-14(12)3;;;/h6-8H,5H2,1-4H3;;;/q;+1;;. The first kappa shape index (κ1) is 11.8. The Morgan fingerprint density at radius 1 is 1.44 bits per heavy atom. The van der Waals surface area contributed by atoms with Gasteiger partial charge in [0.05, 0.1) is 0 Å². The number of rotatable bonds is 2. The summed E-state index contributed by atoms with van der Waals surface area (Å²) in [6.45, 7) is 4.42. The SMILES string of the molecule is CCc1c(C)cc(-c2[n]([BiH2])cc[n+]2C)n1C. The average molecular weight is 414 g/mol. The van der Waals surface area contributed by atoms with Crippen LogP contribution >= 0.6 is 0 Å². The molecule has 2 heterocycles. The fraction of sp³-hybridized carbons (Fsp3) is 0.417. The zero-order valence-electron chi connectivity index (χ0n) is 10.4. The van der Waals surface area contributed by atoms with E-state index in [-0.39, 0.29) is 0 Å². The molecule has 0 aliphatic rings. The normalized spacial score (nSPS) is 11.1. The Hall–Kier alpha value is -0.627. The summed E-state index contributed by atoms with van der Waals surface area (Å²) >= 11 is 0.807. The number of aromatic nitrogens is 3. The molecule has 86 valence electrons. The third-order valence-electron chi connectivity index (χ3n) is 3.17. The second-order valence-corrected chi connectivity index (χ2v) is 6.37. The van der Waals surface area contributed by atoms with Crippen molar-refractivity contribution in [1.29, 1.82) is 0 Å². The number of nitrogens with zero attached hydrogens (tertiary/aromatic N) is 3. The number of imidazole rings is 1. The molecule has 2 aromatic rings. The van der Waals surface area contributed by atoms with Gasteiger partial charge < -0.3 is 0 Å². The summed E-state index contributed by atoms with van der Waals surface area (Å²) in [6, 6.07) is 2.30. The summed E-state index contributed by atoms with van der Waals surface area (Å²) in [4.78, 5) is 0. The van der Waals surface area contributed by atoms with Gasteiger partial charge in [0, 0.05) is 0 Å². The van der Waals surface area contributed by atoms with Gasteiger partial charge in [-0.1, -0.05) is 0 Å². The monoisotopic (exact) mass is 414 g/mol. The Morgan fingerprint density at radius 2 is 2.12 bits per heavy atom. The summed E-state index contributed by atoms with van der Waals surface area (Å²) in [5.41, 5.74) is 4.15. The van der Waals surface area contributed by atoms with Gasteiger partial charge in [-0.2, -0.15) is 0 Å². The van der Waals surface area contributed by atoms with E-state index >= 15 is 0 Å². The van der Waals surface area contributed by atoms with Crippen LogP contribution in [-0.4, -0.2) is 32.1 Å². The first-order valence-corrected chi connectivity index (χ1v) is 7.54. The van der Waals surface area contributed by atoms with Crippen molar-refractivity contribution in [3.63, 3.8) is 0 Å². The van der Waals surface area contributed by atoms with Crippen LogP contribution in [-0.2, 0) is 20.5 Å². The average Bonchev–Trinajstić information content (AvgIpc) is 2.69. The quantitative estimate of drug-likeness (QED) is 0.505. The molecule has 0 spiro atoms. The van der Waals surface area contributed by atoms with E-state index in [0.29, 0.717) is 0 Å². The molecule has 2 aromatic heterocycles. The van der Waals surface area contributed by atoms with Crippen LogP contribution < -0.4 is 4.57 Å². The maximum atomic E-state index is 2.33. The van der Waals surface area contributed by atoms with Crippen molar-refractivity contribution in [3.05, 3.63) is 29.7 Å². The van der Waals surface area contributed by atoms with Crippen molar-refractivity contribution in [2.24, 2.45) is 14.1 Å². The van der Waals surface area contributed by atoms with Gasteiger partial charge in [-0.05, 0) is 0 Å². The van der Waals surface area contributed by atoms with Gasteiger partial charge in [0.25, 0.3) is 0 Å².